The van der Waals surface area contributed by atoms with Gasteiger partial charge in [0.25, 0.3) is 5.91 Å². The molecule has 2 aromatic rings. The van der Waals surface area contributed by atoms with Crippen molar-refractivity contribution < 1.29 is 4.79 Å². The van der Waals surface area contributed by atoms with E-state index in [2.05, 4.69) is 10.4 Å². The summed E-state index contributed by atoms with van der Waals surface area (Å²) in [7, 11) is 0. The van der Waals surface area contributed by atoms with Gasteiger partial charge in [0.1, 0.15) is 0 Å². The second-order valence-electron chi connectivity index (χ2n) is 3.94. The highest BCUT2D eigenvalue weighted by molar-refractivity contribution is 7.98. The summed E-state index contributed by atoms with van der Waals surface area (Å²) in [5.41, 5.74) is 7.21. The van der Waals surface area contributed by atoms with Crippen LogP contribution >= 0.6 is 11.8 Å². The van der Waals surface area contributed by atoms with Crippen LogP contribution in [0.25, 0.3) is 0 Å². The molecule has 0 saturated carbocycles. The number of aromatic nitrogens is 2. The number of nitrogens with two attached hydrogens (primary N) is 1. The van der Waals surface area contributed by atoms with Crippen molar-refractivity contribution in [2.24, 2.45) is 0 Å². The summed E-state index contributed by atoms with van der Waals surface area (Å²) >= 11 is 1.57. The molecule has 2 rings (SSSR count). The number of nitrogens with zero attached hydrogens (tertiary/aromatic N) is 2. The molecule has 100 valence electrons. The minimum atomic E-state index is -0.286. The number of anilines is 2. The highest BCUT2D eigenvalue weighted by atomic mass is 32.2. The number of rotatable bonds is 4. The fraction of sp³-hybridized carbons (Fsp3) is 0.231. The average Bonchev–Trinajstić information content (AvgIpc) is 2.80. The molecule has 0 spiro atoms. The van der Waals surface area contributed by atoms with Gasteiger partial charge < -0.3 is 11.1 Å². The van der Waals surface area contributed by atoms with Crippen LogP contribution in [0.15, 0.2) is 35.4 Å². The van der Waals surface area contributed by atoms with E-state index in [9.17, 15) is 4.79 Å². The number of carbonyl (C=O) groups excluding carboxylic acids is 1. The number of carbonyl (C=O) groups is 1. The Kier molecular flexibility index (Phi) is 4.11. The molecule has 0 aliphatic rings. The third-order valence-electron chi connectivity index (χ3n) is 2.68. The number of nitrogens with one attached hydrogen (secondary N) is 1. The zero-order valence-electron chi connectivity index (χ0n) is 10.9. The molecule has 1 heterocycles. The molecule has 6 heteroatoms. The predicted molar refractivity (Wildman–Crippen MR) is 78.5 cm³/mol. The monoisotopic (exact) mass is 276 g/mol. The van der Waals surface area contributed by atoms with Crippen molar-refractivity contribution in [1.29, 1.82) is 0 Å². The fourth-order valence-electron chi connectivity index (χ4n) is 1.70. The van der Waals surface area contributed by atoms with Crippen LogP contribution in [0, 0.1) is 0 Å². The van der Waals surface area contributed by atoms with Gasteiger partial charge in [-0.1, -0.05) is 12.1 Å². The molecule has 1 aromatic carbocycles. The Morgan fingerprint density at radius 3 is 2.84 bits per heavy atom. The van der Waals surface area contributed by atoms with Gasteiger partial charge in [-0.15, -0.1) is 11.8 Å². The van der Waals surface area contributed by atoms with Gasteiger partial charge in [-0.25, -0.2) is 0 Å². The fourth-order valence-corrected chi connectivity index (χ4v) is 2.26. The maximum absolute atomic E-state index is 12.2. The van der Waals surface area contributed by atoms with E-state index < -0.39 is 0 Å². The molecule has 0 saturated heterocycles. The molecule has 1 aromatic heterocycles. The number of thioether (sulfide) groups is 1. The lowest BCUT2D eigenvalue weighted by Crippen LogP contribution is -2.15. The SMILES string of the molecule is CCn1cc(N)c(C(=O)Nc2ccccc2SC)n1. The lowest BCUT2D eigenvalue weighted by Gasteiger charge is -2.08. The third kappa shape index (κ3) is 2.90. The maximum Gasteiger partial charge on any atom is 0.278 e. The van der Waals surface area contributed by atoms with Crippen LogP contribution in [0.4, 0.5) is 11.4 Å². The Hall–Kier alpha value is -1.95. The van der Waals surface area contributed by atoms with Gasteiger partial charge in [0.05, 0.1) is 11.4 Å². The first-order chi connectivity index (χ1) is 9.15. The quantitative estimate of drug-likeness (QED) is 0.841. The van der Waals surface area contributed by atoms with E-state index in [1.165, 1.54) is 0 Å². The van der Waals surface area contributed by atoms with Crippen molar-refractivity contribution in [2.75, 3.05) is 17.3 Å². The average molecular weight is 276 g/mol. The van der Waals surface area contributed by atoms with Crippen LogP contribution in [0.1, 0.15) is 17.4 Å². The summed E-state index contributed by atoms with van der Waals surface area (Å²) in [6.07, 6.45) is 3.63. The Bertz CT molecular complexity index is 594. The van der Waals surface area contributed by atoms with Gasteiger partial charge >= 0.3 is 0 Å². The predicted octanol–water partition coefficient (Wildman–Crippen LogP) is 2.46. The first-order valence-corrected chi connectivity index (χ1v) is 7.15. The Balaban J connectivity index is 2.23. The number of hydrogen-bond donors (Lipinski definition) is 2. The van der Waals surface area contributed by atoms with E-state index in [0.717, 1.165) is 10.6 Å². The van der Waals surface area contributed by atoms with Gasteiger partial charge in [-0.05, 0) is 25.3 Å². The second kappa shape index (κ2) is 5.79. The third-order valence-corrected chi connectivity index (χ3v) is 3.48. The maximum atomic E-state index is 12.2. The molecule has 0 aliphatic heterocycles. The molecule has 0 aliphatic carbocycles. The molecular weight excluding hydrogens is 260 g/mol. The minimum Gasteiger partial charge on any atom is -0.396 e. The molecule has 5 nitrogen and oxygen atoms in total. The van der Waals surface area contributed by atoms with Crippen molar-refractivity contribution in [2.45, 2.75) is 18.4 Å². The van der Waals surface area contributed by atoms with Crippen LogP contribution in [-0.2, 0) is 6.54 Å². The van der Waals surface area contributed by atoms with Crippen molar-refractivity contribution in [3.63, 3.8) is 0 Å². The molecule has 19 heavy (non-hydrogen) atoms. The summed E-state index contributed by atoms with van der Waals surface area (Å²) in [5.74, 6) is -0.286. The van der Waals surface area contributed by atoms with Crippen molar-refractivity contribution in [3.8, 4) is 0 Å². The van der Waals surface area contributed by atoms with E-state index in [1.807, 2.05) is 37.4 Å². The molecule has 3 N–H and O–H groups in total. The zero-order valence-corrected chi connectivity index (χ0v) is 11.7. The molecule has 0 atom stereocenters. The summed E-state index contributed by atoms with van der Waals surface area (Å²) in [6, 6.07) is 7.62. The molecule has 1 amide bonds. The lowest BCUT2D eigenvalue weighted by molar-refractivity contribution is 0.102. The Labute approximate surface area is 116 Å². The molecule has 0 fully saturated rings. The molecular formula is C13H16N4OS. The smallest absolute Gasteiger partial charge is 0.278 e. The zero-order chi connectivity index (χ0) is 13.8. The van der Waals surface area contributed by atoms with Gasteiger partial charge in [0.15, 0.2) is 5.69 Å². The van der Waals surface area contributed by atoms with Crippen LogP contribution < -0.4 is 11.1 Å². The summed E-state index contributed by atoms with van der Waals surface area (Å²) in [6.45, 7) is 2.62. The first kappa shape index (κ1) is 13.5. The number of nitrogen functional groups attached to an aromatic ring is 1. The summed E-state index contributed by atoms with van der Waals surface area (Å²) in [5, 5.41) is 6.99. The van der Waals surface area contributed by atoms with Crippen molar-refractivity contribution in [1.82, 2.24) is 9.78 Å². The normalized spacial score (nSPS) is 10.4. The van der Waals surface area contributed by atoms with Gasteiger partial charge in [-0.2, -0.15) is 5.10 Å². The van der Waals surface area contributed by atoms with E-state index in [0.29, 0.717) is 12.2 Å². The number of aryl methyl sites for hydroxylation is 1. The van der Waals surface area contributed by atoms with E-state index in [4.69, 9.17) is 5.73 Å². The van der Waals surface area contributed by atoms with Gasteiger partial charge in [0.2, 0.25) is 0 Å². The summed E-state index contributed by atoms with van der Waals surface area (Å²) in [4.78, 5) is 13.2. The Morgan fingerprint density at radius 2 is 2.21 bits per heavy atom. The van der Waals surface area contributed by atoms with Crippen LogP contribution in [0.2, 0.25) is 0 Å². The number of para-hydroxylation sites is 1. The highest BCUT2D eigenvalue weighted by Crippen LogP contribution is 2.25. The molecule has 0 bridgehead atoms. The van der Waals surface area contributed by atoms with E-state index >= 15 is 0 Å². The number of amides is 1. The van der Waals surface area contributed by atoms with E-state index in [-0.39, 0.29) is 11.6 Å². The molecule has 0 unspecified atom stereocenters. The highest BCUT2D eigenvalue weighted by Gasteiger charge is 2.15. The van der Waals surface area contributed by atoms with Crippen molar-refractivity contribution >= 4 is 29.0 Å². The van der Waals surface area contributed by atoms with Crippen LogP contribution in [0.3, 0.4) is 0 Å². The number of hydrogen-bond acceptors (Lipinski definition) is 4. The van der Waals surface area contributed by atoms with Crippen LogP contribution in [0.5, 0.6) is 0 Å². The minimum absolute atomic E-state index is 0.262. The number of benzene rings is 1. The van der Waals surface area contributed by atoms with Gasteiger partial charge in [-0.3, -0.25) is 9.48 Å². The van der Waals surface area contributed by atoms with E-state index in [1.54, 1.807) is 22.6 Å². The van der Waals surface area contributed by atoms with Gasteiger partial charge in [0, 0.05) is 17.6 Å². The topological polar surface area (TPSA) is 72.9 Å². The standard InChI is InChI=1S/C13H16N4OS/c1-3-17-8-9(14)12(16-17)13(18)15-10-6-4-5-7-11(10)19-2/h4-8H,3,14H2,1-2H3,(H,15,18). The lowest BCUT2D eigenvalue weighted by atomic mass is 10.3. The summed E-state index contributed by atoms with van der Waals surface area (Å²) < 4.78 is 1.64. The molecule has 0 radical (unpaired) electrons. The Morgan fingerprint density at radius 1 is 1.47 bits per heavy atom. The first-order valence-electron chi connectivity index (χ1n) is 5.93. The second-order valence-corrected chi connectivity index (χ2v) is 4.79. The largest absolute Gasteiger partial charge is 0.396 e. The van der Waals surface area contributed by atoms with Crippen LogP contribution in [-0.4, -0.2) is 21.9 Å². The van der Waals surface area contributed by atoms with Crippen molar-refractivity contribution in [3.05, 3.63) is 36.2 Å².